The summed E-state index contributed by atoms with van der Waals surface area (Å²) in [5.74, 6) is -1.14. The highest BCUT2D eigenvalue weighted by Crippen LogP contribution is 2.32. The number of benzene rings is 2. The van der Waals surface area contributed by atoms with Gasteiger partial charge in [-0.1, -0.05) is 24.3 Å². The maximum absolute atomic E-state index is 9.71. The van der Waals surface area contributed by atoms with Gasteiger partial charge in [0.15, 0.2) is 11.5 Å². The SMILES string of the molecule is O=C(O)C(=O)O.Oc1cccc(C2CCCN(C[C@H]3COc4ccccc4O3)C2)c1. The van der Waals surface area contributed by atoms with Crippen molar-refractivity contribution in [2.75, 3.05) is 26.2 Å². The van der Waals surface area contributed by atoms with Crippen LogP contribution in [-0.4, -0.2) is 64.5 Å². The highest BCUT2D eigenvalue weighted by atomic mass is 16.6. The predicted octanol–water partition coefficient (Wildman–Crippen LogP) is 2.57. The van der Waals surface area contributed by atoms with Crippen LogP contribution in [0.15, 0.2) is 48.5 Å². The molecule has 0 radical (unpaired) electrons. The number of aromatic hydroxyl groups is 1. The first-order valence-electron chi connectivity index (χ1n) is 9.78. The minimum absolute atomic E-state index is 0.0721. The first-order valence-corrected chi connectivity index (χ1v) is 9.78. The summed E-state index contributed by atoms with van der Waals surface area (Å²) in [5.41, 5.74) is 1.23. The Kier molecular flexibility index (Phi) is 7.13. The lowest BCUT2D eigenvalue weighted by Gasteiger charge is -2.36. The Hall–Kier alpha value is -3.26. The second-order valence-corrected chi connectivity index (χ2v) is 7.30. The topological polar surface area (TPSA) is 117 Å². The predicted molar refractivity (Wildman–Crippen MR) is 108 cm³/mol. The standard InChI is InChI=1S/C20H23NO3.C2H2O4/c22-17-7-3-5-15(11-17)16-6-4-10-21(12-16)13-18-14-23-19-8-1-2-9-20(19)24-18;3-1(4)2(5)6/h1-3,5,7-9,11,16,18,22H,4,6,10,12-14H2;(H,3,4)(H,5,6)/t16?,18-;/m0./s1. The summed E-state index contributed by atoms with van der Waals surface area (Å²) in [6.45, 7) is 3.58. The number of phenols is 1. The Morgan fingerprint density at radius 3 is 2.47 bits per heavy atom. The van der Waals surface area contributed by atoms with Crippen molar-refractivity contribution in [3.63, 3.8) is 0 Å². The molecule has 30 heavy (non-hydrogen) atoms. The Labute approximate surface area is 174 Å². The number of fused-ring (bicyclic) bond motifs is 1. The minimum Gasteiger partial charge on any atom is -0.508 e. The first-order chi connectivity index (χ1) is 14.4. The zero-order chi connectivity index (χ0) is 21.5. The van der Waals surface area contributed by atoms with Crippen molar-refractivity contribution >= 4 is 11.9 Å². The molecular formula is C22H25NO7. The molecular weight excluding hydrogens is 390 g/mol. The van der Waals surface area contributed by atoms with Gasteiger partial charge in [0, 0.05) is 13.1 Å². The van der Waals surface area contributed by atoms with Gasteiger partial charge in [-0.05, 0) is 55.1 Å². The average Bonchev–Trinajstić information content (AvgIpc) is 2.74. The molecule has 2 aliphatic rings. The van der Waals surface area contributed by atoms with Crippen LogP contribution in [0, 0.1) is 0 Å². The Morgan fingerprint density at radius 1 is 1.03 bits per heavy atom. The summed E-state index contributed by atoms with van der Waals surface area (Å²) < 4.78 is 11.9. The monoisotopic (exact) mass is 415 g/mol. The number of ether oxygens (including phenoxy) is 2. The molecule has 2 aromatic rings. The van der Waals surface area contributed by atoms with Crippen LogP contribution in [0.25, 0.3) is 0 Å². The van der Waals surface area contributed by atoms with E-state index in [1.54, 1.807) is 6.07 Å². The zero-order valence-corrected chi connectivity index (χ0v) is 16.4. The fourth-order valence-electron chi connectivity index (χ4n) is 3.71. The maximum atomic E-state index is 9.71. The van der Waals surface area contributed by atoms with Gasteiger partial charge in [0.05, 0.1) is 0 Å². The van der Waals surface area contributed by atoms with Gasteiger partial charge in [-0.15, -0.1) is 0 Å². The average molecular weight is 415 g/mol. The van der Waals surface area contributed by atoms with E-state index in [0.29, 0.717) is 18.3 Å². The molecule has 4 rings (SSSR count). The summed E-state index contributed by atoms with van der Waals surface area (Å²) in [5, 5.41) is 24.5. The lowest BCUT2D eigenvalue weighted by atomic mass is 9.90. The number of nitrogens with zero attached hydrogens (tertiary/aromatic N) is 1. The minimum atomic E-state index is -1.82. The van der Waals surface area contributed by atoms with Gasteiger partial charge in [-0.25, -0.2) is 9.59 Å². The number of aliphatic carboxylic acids is 2. The number of piperidine rings is 1. The molecule has 8 heteroatoms. The van der Waals surface area contributed by atoms with Crippen molar-refractivity contribution in [2.24, 2.45) is 0 Å². The fraction of sp³-hybridized carbons (Fsp3) is 0.364. The number of hydrogen-bond donors (Lipinski definition) is 3. The molecule has 0 bridgehead atoms. The van der Waals surface area contributed by atoms with Gasteiger partial charge in [-0.3, -0.25) is 4.90 Å². The van der Waals surface area contributed by atoms with Crippen molar-refractivity contribution in [3.05, 3.63) is 54.1 Å². The van der Waals surface area contributed by atoms with E-state index < -0.39 is 11.9 Å². The quantitative estimate of drug-likeness (QED) is 0.655. The second kappa shape index (κ2) is 9.98. The van der Waals surface area contributed by atoms with Crippen LogP contribution < -0.4 is 9.47 Å². The third kappa shape index (κ3) is 5.87. The van der Waals surface area contributed by atoms with Gasteiger partial charge < -0.3 is 24.8 Å². The van der Waals surface area contributed by atoms with Crippen LogP contribution in [0.4, 0.5) is 0 Å². The smallest absolute Gasteiger partial charge is 0.414 e. The summed E-state index contributed by atoms with van der Waals surface area (Å²) >= 11 is 0. The zero-order valence-electron chi connectivity index (χ0n) is 16.4. The van der Waals surface area contributed by atoms with E-state index in [1.165, 1.54) is 18.4 Å². The molecule has 1 unspecified atom stereocenters. The largest absolute Gasteiger partial charge is 0.508 e. The van der Waals surface area contributed by atoms with Gasteiger partial charge in [0.1, 0.15) is 18.5 Å². The van der Waals surface area contributed by atoms with Crippen molar-refractivity contribution in [2.45, 2.75) is 24.9 Å². The lowest BCUT2D eigenvalue weighted by molar-refractivity contribution is -0.159. The van der Waals surface area contributed by atoms with Gasteiger partial charge in [0.25, 0.3) is 0 Å². The molecule has 0 amide bonds. The van der Waals surface area contributed by atoms with Crippen molar-refractivity contribution in [1.29, 1.82) is 0 Å². The van der Waals surface area contributed by atoms with Crippen LogP contribution in [-0.2, 0) is 9.59 Å². The van der Waals surface area contributed by atoms with E-state index in [4.69, 9.17) is 29.3 Å². The number of carbonyl (C=O) groups is 2. The van der Waals surface area contributed by atoms with E-state index in [0.717, 1.165) is 31.1 Å². The molecule has 0 spiro atoms. The maximum Gasteiger partial charge on any atom is 0.414 e. The third-order valence-electron chi connectivity index (χ3n) is 5.06. The van der Waals surface area contributed by atoms with E-state index in [2.05, 4.69) is 11.0 Å². The van der Waals surface area contributed by atoms with E-state index >= 15 is 0 Å². The molecule has 1 fully saturated rings. The van der Waals surface area contributed by atoms with Crippen LogP contribution in [0.3, 0.4) is 0 Å². The summed E-state index contributed by atoms with van der Waals surface area (Å²) in [6, 6.07) is 15.5. The Bertz CT molecular complexity index is 873. The fourth-order valence-corrected chi connectivity index (χ4v) is 3.71. The normalized spacial score (nSPS) is 20.5. The highest BCUT2D eigenvalue weighted by Gasteiger charge is 2.27. The Morgan fingerprint density at radius 2 is 1.77 bits per heavy atom. The molecule has 0 saturated carbocycles. The van der Waals surface area contributed by atoms with Gasteiger partial charge in [0.2, 0.25) is 0 Å². The van der Waals surface area contributed by atoms with Crippen molar-refractivity contribution in [1.82, 2.24) is 4.90 Å². The van der Waals surface area contributed by atoms with Crippen LogP contribution in [0.1, 0.15) is 24.3 Å². The molecule has 3 N–H and O–H groups in total. The third-order valence-corrected chi connectivity index (χ3v) is 5.06. The number of hydrogen-bond acceptors (Lipinski definition) is 6. The molecule has 0 aliphatic carbocycles. The van der Waals surface area contributed by atoms with Crippen molar-refractivity contribution < 1.29 is 34.4 Å². The molecule has 8 nitrogen and oxygen atoms in total. The van der Waals surface area contributed by atoms with E-state index in [9.17, 15) is 5.11 Å². The molecule has 2 heterocycles. The molecule has 2 aliphatic heterocycles. The number of para-hydroxylation sites is 2. The van der Waals surface area contributed by atoms with E-state index in [1.807, 2.05) is 36.4 Å². The number of phenolic OH excluding ortho intramolecular Hbond substituents is 1. The van der Waals surface area contributed by atoms with Gasteiger partial charge >= 0.3 is 11.9 Å². The Balaban J connectivity index is 0.000000377. The number of likely N-dealkylation sites (tertiary alicyclic amines) is 1. The number of carboxylic acid groups (broad SMARTS) is 2. The summed E-state index contributed by atoms with van der Waals surface area (Å²) in [4.78, 5) is 20.7. The molecule has 0 aromatic heterocycles. The second-order valence-electron chi connectivity index (χ2n) is 7.30. The van der Waals surface area contributed by atoms with E-state index in [-0.39, 0.29) is 6.10 Å². The molecule has 2 atom stereocenters. The summed E-state index contributed by atoms with van der Waals surface area (Å²) in [6.07, 6.45) is 2.41. The van der Waals surface area contributed by atoms with Crippen LogP contribution >= 0.6 is 0 Å². The number of rotatable bonds is 3. The molecule has 160 valence electrons. The van der Waals surface area contributed by atoms with Crippen LogP contribution in [0.2, 0.25) is 0 Å². The number of carboxylic acids is 2. The molecule has 2 aromatic carbocycles. The summed E-state index contributed by atoms with van der Waals surface area (Å²) in [7, 11) is 0. The molecule has 1 saturated heterocycles. The lowest BCUT2D eigenvalue weighted by Crippen LogP contribution is -2.44. The highest BCUT2D eigenvalue weighted by molar-refractivity contribution is 6.27. The van der Waals surface area contributed by atoms with Crippen molar-refractivity contribution in [3.8, 4) is 17.2 Å². The van der Waals surface area contributed by atoms with Crippen LogP contribution in [0.5, 0.6) is 17.2 Å². The van der Waals surface area contributed by atoms with Gasteiger partial charge in [-0.2, -0.15) is 0 Å². The first kappa shape index (κ1) is 21.4.